The fourth-order valence-electron chi connectivity index (χ4n) is 2.60. The van der Waals surface area contributed by atoms with Gasteiger partial charge in [-0.2, -0.15) is 0 Å². The molecule has 0 aromatic heterocycles. The van der Waals surface area contributed by atoms with Gasteiger partial charge in [-0.25, -0.2) is 4.99 Å². The average molecular weight is 430 g/mol. The van der Waals surface area contributed by atoms with Crippen molar-refractivity contribution >= 4 is 57.3 Å². The van der Waals surface area contributed by atoms with E-state index in [1.807, 2.05) is 24.3 Å². The van der Waals surface area contributed by atoms with Crippen LogP contribution in [0.5, 0.6) is 0 Å². The minimum atomic E-state index is -0.439. The maximum atomic E-state index is 12.6. The maximum Gasteiger partial charge on any atom is 0.311 e. The number of hydrogen-bond donors (Lipinski definition) is 2. The Morgan fingerprint density at radius 3 is 2.69 bits per heavy atom. The van der Waals surface area contributed by atoms with Crippen molar-refractivity contribution in [2.75, 3.05) is 17.7 Å². The van der Waals surface area contributed by atoms with E-state index in [1.54, 1.807) is 37.3 Å². The molecule has 0 aliphatic carbocycles. The number of halogens is 1. The number of thioether (sulfide) groups is 1. The van der Waals surface area contributed by atoms with Crippen molar-refractivity contribution in [1.82, 2.24) is 0 Å². The number of nitrogens with zero attached hydrogens (tertiary/aromatic N) is 1. The van der Waals surface area contributed by atoms with Crippen LogP contribution in [-0.4, -0.2) is 29.3 Å². The zero-order chi connectivity index (χ0) is 20.8. The van der Waals surface area contributed by atoms with Gasteiger partial charge in [0.15, 0.2) is 0 Å². The van der Waals surface area contributed by atoms with Crippen LogP contribution in [0, 0.1) is 0 Å². The molecule has 3 rings (SSSR count). The van der Waals surface area contributed by atoms with Crippen LogP contribution in [0.15, 0.2) is 65.3 Å². The fraction of sp³-hybridized carbons (Fsp3) is 0.190. The largest absolute Gasteiger partial charge is 0.469 e. The van der Waals surface area contributed by atoms with Gasteiger partial charge in [-0.1, -0.05) is 47.6 Å². The van der Waals surface area contributed by atoms with E-state index in [2.05, 4.69) is 15.6 Å². The third-order valence-electron chi connectivity index (χ3n) is 4.09. The summed E-state index contributed by atoms with van der Waals surface area (Å²) in [4.78, 5) is 29.0. The van der Waals surface area contributed by atoms with Gasteiger partial charge >= 0.3 is 5.97 Å². The van der Waals surface area contributed by atoms with Crippen LogP contribution in [0.1, 0.15) is 13.3 Å². The van der Waals surface area contributed by atoms with Crippen molar-refractivity contribution < 1.29 is 14.3 Å². The summed E-state index contributed by atoms with van der Waals surface area (Å²) in [6.45, 7) is 1.79. The van der Waals surface area contributed by atoms with E-state index in [9.17, 15) is 9.59 Å². The topological polar surface area (TPSA) is 79.8 Å². The molecule has 2 aromatic carbocycles. The molecule has 0 fully saturated rings. The number of carbonyl (C=O) groups excluding carboxylic acids is 2. The molecule has 1 atom stereocenters. The zero-order valence-electron chi connectivity index (χ0n) is 15.9. The normalized spacial score (nSPS) is 13.8. The summed E-state index contributed by atoms with van der Waals surface area (Å²) in [5.41, 5.74) is 2.71. The van der Waals surface area contributed by atoms with Gasteiger partial charge in [0.1, 0.15) is 0 Å². The number of esters is 1. The van der Waals surface area contributed by atoms with E-state index in [1.165, 1.54) is 18.9 Å². The number of fused-ring (bicyclic) bond motifs is 1. The van der Waals surface area contributed by atoms with Gasteiger partial charge in [0.05, 0.1) is 45.9 Å². The Hall–Kier alpha value is -2.77. The lowest BCUT2D eigenvalue weighted by Crippen LogP contribution is -2.23. The lowest BCUT2D eigenvalue weighted by atomic mass is 10.2. The zero-order valence-corrected chi connectivity index (χ0v) is 17.5. The third kappa shape index (κ3) is 5.62. The number of aliphatic imine (C=N–C) groups is 1. The Morgan fingerprint density at radius 2 is 1.93 bits per heavy atom. The summed E-state index contributed by atoms with van der Waals surface area (Å²) in [5.74, 6) is -0.559. The Balaban J connectivity index is 1.80. The Morgan fingerprint density at radius 1 is 1.21 bits per heavy atom. The summed E-state index contributed by atoms with van der Waals surface area (Å²) in [7, 11) is 1.35. The van der Waals surface area contributed by atoms with Crippen LogP contribution in [-0.2, 0) is 14.3 Å². The lowest BCUT2D eigenvalue weighted by Gasteiger charge is -2.13. The van der Waals surface area contributed by atoms with Crippen LogP contribution < -0.4 is 10.6 Å². The summed E-state index contributed by atoms with van der Waals surface area (Å²) < 4.78 is 4.77. The lowest BCUT2D eigenvalue weighted by molar-refractivity contribution is -0.139. The second kappa shape index (κ2) is 9.62. The minimum absolute atomic E-state index is 0.0740. The van der Waals surface area contributed by atoms with Gasteiger partial charge in [0.2, 0.25) is 5.91 Å². The van der Waals surface area contributed by atoms with E-state index >= 15 is 0 Å². The second-order valence-corrected chi connectivity index (χ2v) is 8.01. The van der Waals surface area contributed by atoms with Crippen LogP contribution in [0.3, 0.4) is 0 Å². The molecular weight excluding hydrogens is 410 g/mol. The summed E-state index contributed by atoms with van der Waals surface area (Å²) in [5, 5.41) is 6.70. The molecule has 0 unspecified atom stereocenters. The van der Waals surface area contributed by atoms with Gasteiger partial charge in [0.25, 0.3) is 0 Å². The van der Waals surface area contributed by atoms with Crippen molar-refractivity contribution in [1.29, 1.82) is 0 Å². The van der Waals surface area contributed by atoms with E-state index in [4.69, 9.17) is 16.3 Å². The molecule has 1 aliphatic rings. The van der Waals surface area contributed by atoms with E-state index in [0.717, 1.165) is 11.4 Å². The van der Waals surface area contributed by atoms with E-state index < -0.39 is 5.25 Å². The maximum absolute atomic E-state index is 12.6. The highest BCUT2D eigenvalue weighted by Crippen LogP contribution is 2.32. The predicted octanol–water partition coefficient (Wildman–Crippen LogP) is 5.00. The van der Waals surface area contributed by atoms with Crippen molar-refractivity contribution in [2.45, 2.75) is 18.6 Å². The Kier molecular flexibility index (Phi) is 6.95. The highest BCUT2D eigenvalue weighted by atomic mass is 35.5. The Bertz CT molecular complexity index is 991. The highest BCUT2D eigenvalue weighted by molar-refractivity contribution is 8.15. The van der Waals surface area contributed by atoms with Crippen LogP contribution in [0.4, 0.5) is 17.1 Å². The number of carbonyl (C=O) groups is 2. The van der Waals surface area contributed by atoms with E-state index in [-0.39, 0.29) is 18.3 Å². The summed E-state index contributed by atoms with van der Waals surface area (Å²) in [6, 6.07) is 14.6. The number of ether oxygens (including phenoxy) is 1. The molecule has 6 nitrogen and oxygen atoms in total. The SMILES string of the molecule is COC(=O)CC1=CC(S[C@H](C)C(=O)Nc2ccccc2Cl)=Nc2ccccc2N1. The standard InChI is InChI=1S/C21H20ClN3O3S/c1-13(21(27)25-16-8-4-3-7-15(16)22)29-19-11-14(12-20(26)28-2)23-17-9-5-6-10-18(17)24-19/h3-11,13,23H,12H2,1-2H3,(H,25,27)/t13-/m1/s1. The molecule has 2 N–H and O–H groups in total. The second-order valence-electron chi connectivity index (χ2n) is 6.24. The number of rotatable bonds is 5. The summed E-state index contributed by atoms with van der Waals surface area (Å²) >= 11 is 7.41. The average Bonchev–Trinajstić information content (AvgIpc) is 2.87. The van der Waals surface area contributed by atoms with Crippen molar-refractivity contribution in [2.24, 2.45) is 4.99 Å². The number of anilines is 2. The molecule has 0 saturated heterocycles. The first-order valence-corrected chi connectivity index (χ1v) is 10.2. The summed E-state index contributed by atoms with van der Waals surface area (Å²) in [6.07, 6.45) is 1.84. The number of amides is 1. The first-order valence-electron chi connectivity index (χ1n) is 8.90. The molecule has 8 heteroatoms. The molecular formula is C21H20ClN3O3S. The molecule has 0 radical (unpaired) electrons. The molecule has 0 bridgehead atoms. The first-order chi connectivity index (χ1) is 14.0. The minimum Gasteiger partial charge on any atom is -0.469 e. The molecule has 29 heavy (non-hydrogen) atoms. The van der Waals surface area contributed by atoms with Gasteiger partial charge in [-0.3, -0.25) is 9.59 Å². The highest BCUT2D eigenvalue weighted by Gasteiger charge is 2.20. The predicted molar refractivity (Wildman–Crippen MR) is 119 cm³/mol. The van der Waals surface area contributed by atoms with Crippen molar-refractivity contribution in [3.8, 4) is 0 Å². The monoisotopic (exact) mass is 429 g/mol. The number of hydrogen-bond acceptors (Lipinski definition) is 6. The third-order valence-corrected chi connectivity index (χ3v) is 5.44. The number of para-hydroxylation sites is 3. The van der Waals surface area contributed by atoms with Gasteiger partial charge < -0.3 is 15.4 Å². The Labute approximate surface area is 178 Å². The molecule has 0 saturated carbocycles. The van der Waals surface area contributed by atoms with Crippen molar-refractivity contribution in [3.05, 3.63) is 65.3 Å². The van der Waals surface area contributed by atoms with Crippen LogP contribution >= 0.6 is 23.4 Å². The fourth-order valence-corrected chi connectivity index (χ4v) is 3.67. The molecule has 2 aromatic rings. The van der Waals surface area contributed by atoms with Crippen molar-refractivity contribution in [3.63, 3.8) is 0 Å². The molecule has 0 spiro atoms. The molecule has 1 aliphatic heterocycles. The molecule has 1 amide bonds. The van der Waals surface area contributed by atoms with Gasteiger partial charge in [0, 0.05) is 5.70 Å². The molecule has 1 heterocycles. The molecule has 150 valence electrons. The smallest absolute Gasteiger partial charge is 0.311 e. The van der Waals surface area contributed by atoms with Gasteiger partial charge in [-0.05, 0) is 37.3 Å². The quantitative estimate of drug-likeness (QED) is 0.653. The number of methoxy groups -OCH3 is 1. The first kappa shape index (κ1) is 21.0. The van der Waals surface area contributed by atoms with Gasteiger partial charge in [-0.15, -0.1) is 0 Å². The van der Waals surface area contributed by atoms with Crippen LogP contribution in [0.25, 0.3) is 0 Å². The number of nitrogens with one attached hydrogen (secondary N) is 2. The number of benzene rings is 2. The van der Waals surface area contributed by atoms with E-state index in [0.29, 0.717) is 21.5 Å². The van der Waals surface area contributed by atoms with Crippen LogP contribution in [0.2, 0.25) is 5.02 Å².